The van der Waals surface area contributed by atoms with Gasteiger partial charge < -0.3 is 10.2 Å². The fourth-order valence-electron chi connectivity index (χ4n) is 4.91. The van der Waals surface area contributed by atoms with Gasteiger partial charge in [-0.2, -0.15) is 10.2 Å². The predicted molar refractivity (Wildman–Crippen MR) is 121 cm³/mol. The van der Waals surface area contributed by atoms with Crippen LogP contribution in [0.5, 0.6) is 0 Å². The van der Waals surface area contributed by atoms with Crippen LogP contribution in [0.2, 0.25) is 0 Å². The Bertz CT molecular complexity index is 359. The second-order valence-electron chi connectivity index (χ2n) is 10.7. The Balaban J connectivity index is 6.03. The molecule has 0 heterocycles. The van der Waals surface area contributed by atoms with E-state index in [2.05, 4.69) is 55.4 Å². The number of hydrogen-bond donors (Lipinski definition) is 2. The summed E-state index contributed by atoms with van der Waals surface area (Å²) in [6.45, 7) is 18.5. The summed E-state index contributed by atoms with van der Waals surface area (Å²) in [5.74, 6) is 2.16. The monoisotopic (exact) mass is 398 g/mol. The zero-order valence-electron chi connectivity index (χ0n) is 20.2. The Hall–Kier alpha value is -0.480. The molecule has 168 valence electrons. The first-order valence-electron chi connectivity index (χ1n) is 11.7. The summed E-state index contributed by atoms with van der Waals surface area (Å²) in [6, 6.07) is 0. The van der Waals surface area contributed by atoms with E-state index in [-0.39, 0.29) is 24.3 Å². The summed E-state index contributed by atoms with van der Waals surface area (Å²) in [5, 5.41) is 29.2. The van der Waals surface area contributed by atoms with Crippen LogP contribution in [-0.4, -0.2) is 34.5 Å². The quantitative estimate of drug-likeness (QED) is 0.286. The molecule has 0 saturated carbocycles. The maximum Gasteiger partial charge on any atom is 0.0822 e. The average molecular weight is 399 g/mol. The maximum atomic E-state index is 9.48. The van der Waals surface area contributed by atoms with E-state index in [1.165, 1.54) is 0 Å². The van der Waals surface area contributed by atoms with Crippen molar-refractivity contribution in [2.24, 2.45) is 33.9 Å². The highest BCUT2D eigenvalue weighted by Gasteiger charge is 2.36. The lowest BCUT2D eigenvalue weighted by Gasteiger charge is -2.36. The molecule has 28 heavy (non-hydrogen) atoms. The molecule has 0 bridgehead atoms. The smallest absolute Gasteiger partial charge is 0.0822 e. The Morgan fingerprint density at radius 3 is 0.964 bits per heavy atom. The minimum absolute atomic E-state index is 0.191. The van der Waals surface area contributed by atoms with Gasteiger partial charge in [-0.05, 0) is 75.0 Å². The first-order chi connectivity index (χ1) is 13.0. The Labute approximate surface area is 175 Å². The van der Waals surface area contributed by atoms with Crippen LogP contribution in [0.3, 0.4) is 0 Å². The topological polar surface area (TPSA) is 65.2 Å². The van der Waals surface area contributed by atoms with Crippen molar-refractivity contribution in [3.05, 3.63) is 0 Å². The van der Waals surface area contributed by atoms with Crippen LogP contribution >= 0.6 is 0 Å². The lowest BCUT2D eigenvalue weighted by atomic mass is 9.78. The average Bonchev–Trinajstić information content (AvgIpc) is 2.54. The number of aliphatic hydroxyl groups is 2. The lowest BCUT2D eigenvalue weighted by molar-refractivity contribution is 0.186. The van der Waals surface area contributed by atoms with Crippen molar-refractivity contribution in [3.63, 3.8) is 0 Å². The van der Waals surface area contributed by atoms with E-state index < -0.39 is 0 Å². The van der Waals surface area contributed by atoms with E-state index in [0.717, 1.165) is 51.4 Å². The van der Waals surface area contributed by atoms with Crippen molar-refractivity contribution in [1.82, 2.24) is 0 Å². The van der Waals surface area contributed by atoms with Gasteiger partial charge in [0, 0.05) is 13.2 Å². The maximum absolute atomic E-state index is 9.48. The van der Waals surface area contributed by atoms with Gasteiger partial charge in [-0.25, -0.2) is 0 Å². The number of hydrogen-bond acceptors (Lipinski definition) is 4. The molecule has 0 aromatic heterocycles. The molecule has 0 aromatic rings. The molecule has 0 aliphatic heterocycles. The van der Waals surface area contributed by atoms with Crippen molar-refractivity contribution in [2.45, 2.75) is 118 Å². The molecule has 4 nitrogen and oxygen atoms in total. The van der Waals surface area contributed by atoms with Gasteiger partial charge in [0.25, 0.3) is 0 Å². The van der Waals surface area contributed by atoms with Gasteiger partial charge in [-0.15, -0.1) is 0 Å². The molecule has 0 unspecified atom stereocenters. The van der Waals surface area contributed by atoms with E-state index in [9.17, 15) is 10.2 Å². The van der Waals surface area contributed by atoms with Crippen LogP contribution in [0.1, 0.15) is 107 Å². The van der Waals surface area contributed by atoms with Gasteiger partial charge in [0.1, 0.15) is 0 Å². The number of aliphatic hydroxyl groups excluding tert-OH is 2. The van der Waals surface area contributed by atoms with Gasteiger partial charge in [-0.3, -0.25) is 0 Å². The molecule has 0 atom stereocenters. The van der Waals surface area contributed by atoms with Crippen LogP contribution in [0.25, 0.3) is 0 Å². The van der Waals surface area contributed by atoms with E-state index in [4.69, 9.17) is 10.2 Å². The highest BCUT2D eigenvalue weighted by molar-refractivity contribution is 4.94. The van der Waals surface area contributed by atoms with Crippen molar-refractivity contribution < 1.29 is 10.2 Å². The third-order valence-corrected chi connectivity index (χ3v) is 5.23. The van der Waals surface area contributed by atoms with Gasteiger partial charge in [-0.1, -0.05) is 55.4 Å². The van der Waals surface area contributed by atoms with Crippen LogP contribution in [0, 0.1) is 23.7 Å². The standard InChI is InChI=1S/C24H50N2O2/c1-19(2)15-23(11-9-13-27,16-20(3)4)25-26-24(12-10-14-28,17-21(5)6)18-22(7)8/h19-22,27-28H,9-18H2,1-8H3. The Kier molecular flexibility index (Phi) is 13.5. The minimum atomic E-state index is -0.191. The molecule has 0 spiro atoms. The molecule has 0 fully saturated rings. The minimum Gasteiger partial charge on any atom is -0.396 e. The van der Waals surface area contributed by atoms with Crippen LogP contribution in [0.15, 0.2) is 10.2 Å². The second kappa shape index (κ2) is 13.7. The van der Waals surface area contributed by atoms with E-state index >= 15 is 0 Å². The molecule has 0 aromatic carbocycles. The van der Waals surface area contributed by atoms with Crippen LogP contribution in [0.4, 0.5) is 0 Å². The summed E-state index contributed by atoms with van der Waals surface area (Å²) in [5.41, 5.74) is -0.382. The SMILES string of the molecule is CC(C)CC(CCCO)(CC(C)C)N=NC(CCCO)(CC(C)C)CC(C)C. The first kappa shape index (κ1) is 27.5. The van der Waals surface area contributed by atoms with Crippen molar-refractivity contribution >= 4 is 0 Å². The summed E-state index contributed by atoms with van der Waals surface area (Å²) in [6.07, 6.45) is 7.36. The lowest BCUT2D eigenvalue weighted by Crippen LogP contribution is -2.35. The summed E-state index contributed by atoms with van der Waals surface area (Å²) in [4.78, 5) is 0. The second-order valence-corrected chi connectivity index (χ2v) is 10.7. The van der Waals surface area contributed by atoms with Gasteiger partial charge in [0.2, 0.25) is 0 Å². The highest BCUT2D eigenvalue weighted by atomic mass is 16.3. The molecule has 0 aliphatic rings. The van der Waals surface area contributed by atoms with Crippen LogP contribution < -0.4 is 0 Å². The summed E-state index contributed by atoms with van der Waals surface area (Å²) >= 11 is 0. The first-order valence-corrected chi connectivity index (χ1v) is 11.7. The predicted octanol–water partition coefficient (Wildman–Crippen LogP) is 6.65. The van der Waals surface area contributed by atoms with E-state index in [1.807, 2.05) is 0 Å². The van der Waals surface area contributed by atoms with Crippen LogP contribution in [-0.2, 0) is 0 Å². The molecule has 0 aliphatic carbocycles. The fourth-order valence-corrected chi connectivity index (χ4v) is 4.91. The molecule has 0 saturated heterocycles. The van der Waals surface area contributed by atoms with Gasteiger partial charge in [0.05, 0.1) is 11.1 Å². The van der Waals surface area contributed by atoms with Crippen molar-refractivity contribution in [1.29, 1.82) is 0 Å². The zero-order valence-corrected chi connectivity index (χ0v) is 20.2. The summed E-state index contributed by atoms with van der Waals surface area (Å²) < 4.78 is 0. The molecule has 0 rings (SSSR count). The third-order valence-electron chi connectivity index (χ3n) is 5.23. The molecule has 4 heteroatoms. The normalized spacial score (nSPS) is 13.8. The van der Waals surface area contributed by atoms with E-state index in [0.29, 0.717) is 23.7 Å². The van der Waals surface area contributed by atoms with Gasteiger partial charge in [0.15, 0.2) is 0 Å². The Morgan fingerprint density at radius 2 is 0.786 bits per heavy atom. The molecule has 2 N–H and O–H groups in total. The number of rotatable bonds is 16. The molecular formula is C24H50N2O2. The Morgan fingerprint density at radius 1 is 0.536 bits per heavy atom. The van der Waals surface area contributed by atoms with Crippen molar-refractivity contribution in [3.8, 4) is 0 Å². The van der Waals surface area contributed by atoms with E-state index in [1.54, 1.807) is 0 Å². The van der Waals surface area contributed by atoms with Crippen molar-refractivity contribution in [2.75, 3.05) is 13.2 Å². The summed E-state index contributed by atoms with van der Waals surface area (Å²) in [7, 11) is 0. The number of nitrogens with zero attached hydrogens (tertiary/aromatic N) is 2. The molecule has 0 radical (unpaired) electrons. The third kappa shape index (κ3) is 11.5. The highest BCUT2D eigenvalue weighted by Crippen LogP contribution is 2.39. The molecule has 0 amide bonds. The largest absolute Gasteiger partial charge is 0.396 e. The van der Waals surface area contributed by atoms with Gasteiger partial charge >= 0.3 is 0 Å². The number of azo groups is 1. The fraction of sp³-hybridized carbons (Fsp3) is 1.00. The molecular weight excluding hydrogens is 348 g/mol. The zero-order chi connectivity index (χ0) is 21.8.